The van der Waals surface area contributed by atoms with Gasteiger partial charge in [0.1, 0.15) is 0 Å². The molecular formula is C13H15ClF3NO. The quantitative estimate of drug-likeness (QED) is 0.756. The molecule has 0 aliphatic heterocycles. The average molecular weight is 294 g/mol. The normalized spacial score (nSPS) is 11.4. The molecule has 0 atom stereocenters. The summed E-state index contributed by atoms with van der Waals surface area (Å²) in [5, 5.41) is 0. The first-order chi connectivity index (χ1) is 8.90. The Morgan fingerprint density at radius 1 is 1.21 bits per heavy atom. The summed E-state index contributed by atoms with van der Waals surface area (Å²) < 4.78 is 37.2. The third-order valence-electron chi connectivity index (χ3n) is 2.59. The van der Waals surface area contributed by atoms with Gasteiger partial charge in [0, 0.05) is 24.5 Å². The van der Waals surface area contributed by atoms with Gasteiger partial charge >= 0.3 is 6.18 Å². The molecule has 106 valence electrons. The molecule has 1 rings (SSSR count). The number of hydrogen-bond acceptors (Lipinski definition) is 1. The summed E-state index contributed by atoms with van der Waals surface area (Å²) in [7, 11) is 0. The van der Waals surface area contributed by atoms with Gasteiger partial charge in [-0.1, -0.05) is 6.92 Å². The third-order valence-corrected chi connectivity index (χ3v) is 2.76. The predicted molar refractivity (Wildman–Crippen MR) is 68.4 cm³/mol. The molecule has 0 fully saturated rings. The molecule has 0 saturated heterocycles. The summed E-state index contributed by atoms with van der Waals surface area (Å²) in [6, 6.07) is 4.22. The largest absolute Gasteiger partial charge is 0.416 e. The third kappa shape index (κ3) is 4.42. The SMILES string of the molecule is CCCN(CCCl)C(=O)c1ccc(C(F)(F)F)cc1. The number of carbonyl (C=O) groups excluding carboxylic acids is 1. The van der Waals surface area contributed by atoms with E-state index in [1.165, 1.54) is 17.0 Å². The van der Waals surface area contributed by atoms with Gasteiger partial charge in [0.05, 0.1) is 5.56 Å². The molecule has 1 amide bonds. The van der Waals surface area contributed by atoms with Crippen LogP contribution in [-0.2, 0) is 6.18 Å². The van der Waals surface area contributed by atoms with E-state index in [1.807, 2.05) is 6.92 Å². The molecule has 19 heavy (non-hydrogen) atoms. The number of carbonyl (C=O) groups is 1. The van der Waals surface area contributed by atoms with Crippen LogP contribution in [0.4, 0.5) is 13.2 Å². The van der Waals surface area contributed by atoms with Crippen LogP contribution in [0.25, 0.3) is 0 Å². The number of alkyl halides is 4. The van der Waals surface area contributed by atoms with Crippen molar-refractivity contribution >= 4 is 17.5 Å². The molecule has 0 aliphatic rings. The molecule has 0 heterocycles. The monoisotopic (exact) mass is 293 g/mol. The van der Waals surface area contributed by atoms with Crippen LogP contribution in [0.2, 0.25) is 0 Å². The Balaban J connectivity index is 2.87. The van der Waals surface area contributed by atoms with Gasteiger partial charge in [-0.05, 0) is 30.7 Å². The fraction of sp³-hybridized carbons (Fsp3) is 0.462. The maximum absolute atomic E-state index is 12.4. The zero-order valence-corrected chi connectivity index (χ0v) is 11.3. The lowest BCUT2D eigenvalue weighted by Gasteiger charge is -2.21. The van der Waals surface area contributed by atoms with E-state index in [0.717, 1.165) is 18.6 Å². The second kappa shape index (κ2) is 6.80. The predicted octanol–water partition coefficient (Wildman–Crippen LogP) is 3.80. The average Bonchev–Trinajstić information content (AvgIpc) is 2.37. The van der Waals surface area contributed by atoms with Crippen LogP contribution in [0.5, 0.6) is 0 Å². The van der Waals surface area contributed by atoms with Gasteiger partial charge in [0.25, 0.3) is 5.91 Å². The van der Waals surface area contributed by atoms with Crippen LogP contribution in [0, 0.1) is 0 Å². The smallest absolute Gasteiger partial charge is 0.337 e. The molecule has 1 aromatic carbocycles. The first-order valence-electron chi connectivity index (χ1n) is 5.92. The Morgan fingerprint density at radius 2 is 1.79 bits per heavy atom. The molecule has 2 nitrogen and oxygen atoms in total. The minimum Gasteiger partial charge on any atom is -0.337 e. The highest BCUT2D eigenvalue weighted by Crippen LogP contribution is 2.29. The fourth-order valence-corrected chi connectivity index (χ4v) is 1.88. The molecule has 0 unspecified atom stereocenters. The van der Waals surface area contributed by atoms with Crippen molar-refractivity contribution in [3.63, 3.8) is 0 Å². The lowest BCUT2D eigenvalue weighted by molar-refractivity contribution is -0.137. The number of nitrogens with zero attached hydrogens (tertiary/aromatic N) is 1. The molecule has 1 aromatic rings. The molecule has 0 aliphatic carbocycles. The Kier molecular flexibility index (Phi) is 5.66. The van der Waals surface area contributed by atoms with Gasteiger partial charge in [-0.25, -0.2) is 0 Å². The van der Waals surface area contributed by atoms with Gasteiger partial charge < -0.3 is 4.90 Å². The van der Waals surface area contributed by atoms with Gasteiger partial charge in [0.2, 0.25) is 0 Å². The van der Waals surface area contributed by atoms with Crippen LogP contribution in [-0.4, -0.2) is 29.8 Å². The molecule has 6 heteroatoms. The number of benzene rings is 1. The lowest BCUT2D eigenvalue weighted by Crippen LogP contribution is -2.33. The Morgan fingerprint density at radius 3 is 2.21 bits per heavy atom. The molecule has 0 bridgehead atoms. The summed E-state index contributed by atoms with van der Waals surface area (Å²) in [5.41, 5.74) is -0.519. The van der Waals surface area contributed by atoms with Crippen LogP contribution in [0.1, 0.15) is 29.3 Å². The van der Waals surface area contributed by atoms with Crippen molar-refractivity contribution in [1.82, 2.24) is 4.90 Å². The molecule has 0 saturated carbocycles. The van der Waals surface area contributed by atoms with Crippen molar-refractivity contribution in [2.75, 3.05) is 19.0 Å². The first kappa shape index (κ1) is 15.8. The lowest BCUT2D eigenvalue weighted by atomic mass is 10.1. The molecule has 0 aromatic heterocycles. The zero-order valence-electron chi connectivity index (χ0n) is 10.5. The summed E-state index contributed by atoms with van der Waals surface area (Å²) in [5.74, 6) is 0.00283. The number of hydrogen-bond donors (Lipinski definition) is 0. The Labute approximate surface area is 115 Å². The number of rotatable bonds is 5. The van der Waals surface area contributed by atoms with E-state index >= 15 is 0 Å². The number of halogens is 4. The van der Waals surface area contributed by atoms with E-state index in [9.17, 15) is 18.0 Å². The summed E-state index contributed by atoms with van der Waals surface area (Å²) in [4.78, 5) is 13.6. The highest BCUT2D eigenvalue weighted by atomic mass is 35.5. The Bertz CT molecular complexity index is 411. The highest BCUT2D eigenvalue weighted by Gasteiger charge is 2.30. The minimum absolute atomic E-state index is 0.242. The van der Waals surface area contributed by atoms with E-state index in [-0.39, 0.29) is 11.5 Å². The van der Waals surface area contributed by atoms with Crippen molar-refractivity contribution in [1.29, 1.82) is 0 Å². The molecular weight excluding hydrogens is 279 g/mol. The number of amides is 1. The van der Waals surface area contributed by atoms with Crippen molar-refractivity contribution in [2.45, 2.75) is 19.5 Å². The van der Waals surface area contributed by atoms with Gasteiger partial charge in [-0.3, -0.25) is 4.79 Å². The van der Waals surface area contributed by atoms with Gasteiger partial charge in [-0.2, -0.15) is 13.2 Å². The summed E-state index contributed by atoms with van der Waals surface area (Å²) in [6.45, 7) is 2.84. The maximum Gasteiger partial charge on any atom is 0.416 e. The highest BCUT2D eigenvalue weighted by molar-refractivity contribution is 6.18. The molecule has 0 N–H and O–H groups in total. The van der Waals surface area contributed by atoms with Crippen LogP contribution < -0.4 is 0 Å². The van der Waals surface area contributed by atoms with E-state index in [2.05, 4.69) is 0 Å². The fourth-order valence-electron chi connectivity index (χ4n) is 1.67. The topological polar surface area (TPSA) is 20.3 Å². The van der Waals surface area contributed by atoms with Crippen molar-refractivity contribution < 1.29 is 18.0 Å². The Hall–Kier alpha value is -1.23. The van der Waals surface area contributed by atoms with Crippen LogP contribution in [0.15, 0.2) is 24.3 Å². The van der Waals surface area contributed by atoms with Crippen molar-refractivity contribution in [2.24, 2.45) is 0 Å². The molecule has 0 radical (unpaired) electrons. The first-order valence-corrected chi connectivity index (χ1v) is 6.46. The van der Waals surface area contributed by atoms with Crippen LogP contribution >= 0.6 is 11.6 Å². The van der Waals surface area contributed by atoms with E-state index < -0.39 is 11.7 Å². The van der Waals surface area contributed by atoms with E-state index in [0.29, 0.717) is 19.0 Å². The van der Waals surface area contributed by atoms with Crippen molar-refractivity contribution in [3.05, 3.63) is 35.4 Å². The standard InChI is InChI=1S/C13H15ClF3NO/c1-2-8-18(9-7-14)12(19)10-3-5-11(6-4-10)13(15,16)17/h3-6H,2,7-9H2,1H3. The van der Waals surface area contributed by atoms with Crippen LogP contribution in [0.3, 0.4) is 0 Å². The minimum atomic E-state index is -4.39. The maximum atomic E-state index is 12.4. The summed E-state index contributed by atoms with van der Waals surface area (Å²) in [6.07, 6.45) is -3.62. The second-order valence-corrected chi connectivity index (χ2v) is 4.43. The van der Waals surface area contributed by atoms with E-state index in [4.69, 9.17) is 11.6 Å². The summed E-state index contributed by atoms with van der Waals surface area (Å²) >= 11 is 5.61. The van der Waals surface area contributed by atoms with E-state index in [1.54, 1.807) is 0 Å². The van der Waals surface area contributed by atoms with Crippen molar-refractivity contribution in [3.8, 4) is 0 Å². The molecule has 0 spiro atoms. The zero-order chi connectivity index (χ0) is 14.5. The van der Waals surface area contributed by atoms with Gasteiger partial charge in [-0.15, -0.1) is 11.6 Å². The van der Waals surface area contributed by atoms with Gasteiger partial charge in [0.15, 0.2) is 0 Å². The second-order valence-electron chi connectivity index (χ2n) is 4.06.